The number of rotatable bonds is 2. The van der Waals surface area contributed by atoms with Gasteiger partial charge in [0, 0.05) is 29.9 Å². The standard InChI is InChI=1S/C19H16FN3O/c1-12-6-18(22-21-12)15-7-16(9-17(20)8-15)19(24)23-10-13-4-2-3-5-14(13)11-23/h2-9H,10-11H2,1H3,(H,21,22). The second kappa shape index (κ2) is 5.60. The van der Waals surface area contributed by atoms with Gasteiger partial charge in [-0.25, -0.2) is 4.39 Å². The number of halogens is 1. The number of benzene rings is 2. The summed E-state index contributed by atoms with van der Waals surface area (Å²) < 4.78 is 14.0. The second-order valence-electron chi connectivity index (χ2n) is 6.09. The lowest BCUT2D eigenvalue weighted by Crippen LogP contribution is -2.25. The minimum absolute atomic E-state index is 0.167. The highest BCUT2D eigenvalue weighted by Crippen LogP contribution is 2.26. The first kappa shape index (κ1) is 14.6. The van der Waals surface area contributed by atoms with Crippen LogP contribution in [0.1, 0.15) is 27.2 Å². The summed E-state index contributed by atoms with van der Waals surface area (Å²) in [7, 11) is 0. The van der Waals surface area contributed by atoms with Gasteiger partial charge in [0.05, 0.1) is 5.69 Å². The molecule has 2 aromatic carbocycles. The Balaban J connectivity index is 1.65. The van der Waals surface area contributed by atoms with Crippen LogP contribution in [0, 0.1) is 12.7 Å². The molecule has 0 aliphatic carbocycles. The molecule has 0 atom stereocenters. The highest BCUT2D eigenvalue weighted by molar-refractivity contribution is 5.95. The number of fused-ring (bicyclic) bond motifs is 1. The Morgan fingerprint density at radius 3 is 2.46 bits per heavy atom. The SMILES string of the molecule is Cc1cc(-c2cc(F)cc(C(=O)N3Cc4ccccc4C3)c2)n[nH]1. The lowest BCUT2D eigenvalue weighted by atomic mass is 10.1. The molecule has 5 heteroatoms. The normalized spacial score (nSPS) is 13.2. The number of hydrogen-bond donors (Lipinski definition) is 1. The topological polar surface area (TPSA) is 49.0 Å². The Bertz CT molecular complexity index is 907. The Labute approximate surface area is 138 Å². The van der Waals surface area contributed by atoms with Crippen LogP contribution in [0.5, 0.6) is 0 Å². The van der Waals surface area contributed by atoms with E-state index in [9.17, 15) is 9.18 Å². The smallest absolute Gasteiger partial charge is 0.254 e. The minimum Gasteiger partial charge on any atom is -0.330 e. The Morgan fingerprint density at radius 2 is 1.83 bits per heavy atom. The predicted octanol–water partition coefficient (Wildman–Crippen LogP) is 3.68. The highest BCUT2D eigenvalue weighted by Gasteiger charge is 2.24. The molecule has 0 spiro atoms. The summed E-state index contributed by atoms with van der Waals surface area (Å²) >= 11 is 0. The van der Waals surface area contributed by atoms with Crippen LogP contribution in [-0.4, -0.2) is 21.0 Å². The van der Waals surface area contributed by atoms with Gasteiger partial charge < -0.3 is 4.90 Å². The number of aryl methyl sites for hydroxylation is 1. The van der Waals surface area contributed by atoms with Gasteiger partial charge in [0.15, 0.2) is 0 Å². The van der Waals surface area contributed by atoms with Gasteiger partial charge in [-0.3, -0.25) is 9.89 Å². The number of hydrogen-bond acceptors (Lipinski definition) is 2. The van der Waals surface area contributed by atoms with Crippen molar-refractivity contribution in [2.45, 2.75) is 20.0 Å². The summed E-state index contributed by atoms with van der Waals surface area (Å²) in [6, 6.07) is 14.2. The molecule has 0 bridgehead atoms. The Morgan fingerprint density at radius 1 is 1.12 bits per heavy atom. The van der Waals surface area contributed by atoms with Crippen molar-refractivity contribution in [3.63, 3.8) is 0 Å². The zero-order valence-electron chi connectivity index (χ0n) is 13.2. The van der Waals surface area contributed by atoms with Gasteiger partial charge in [-0.15, -0.1) is 0 Å². The summed E-state index contributed by atoms with van der Waals surface area (Å²) in [5, 5.41) is 6.98. The molecule has 0 saturated heterocycles. The maximum atomic E-state index is 14.0. The van der Waals surface area contributed by atoms with E-state index in [4.69, 9.17) is 0 Å². The predicted molar refractivity (Wildman–Crippen MR) is 88.7 cm³/mol. The molecule has 1 N–H and O–H groups in total. The van der Waals surface area contributed by atoms with Crippen molar-refractivity contribution < 1.29 is 9.18 Å². The molecule has 0 saturated carbocycles. The van der Waals surface area contributed by atoms with Crippen molar-refractivity contribution in [2.24, 2.45) is 0 Å². The van der Waals surface area contributed by atoms with Gasteiger partial charge in [-0.2, -0.15) is 5.10 Å². The number of nitrogens with one attached hydrogen (secondary N) is 1. The van der Waals surface area contributed by atoms with E-state index in [0.29, 0.717) is 29.9 Å². The average Bonchev–Trinajstić information content (AvgIpc) is 3.19. The van der Waals surface area contributed by atoms with E-state index in [-0.39, 0.29) is 5.91 Å². The molecule has 4 nitrogen and oxygen atoms in total. The maximum Gasteiger partial charge on any atom is 0.254 e. The third kappa shape index (κ3) is 2.58. The van der Waals surface area contributed by atoms with Crippen molar-refractivity contribution in [1.29, 1.82) is 0 Å². The first-order valence-corrected chi connectivity index (χ1v) is 7.79. The largest absolute Gasteiger partial charge is 0.330 e. The summed E-state index contributed by atoms with van der Waals surface area (Å²) in [4.78, 5) is 14.5. The number of carbonyl (C=O) groups is 1. The number of amides is 1. The third-order valence-electron chi connectivity index (χ3n) is 4.27. The molecule has 24 heavy (non-hydrogen) atoms. The van der Waals surface area contributed by atoms with E-state index in [2.05, 4.69) is 10.2 Å². The Hall–Kier alpha value is -2.95. The van der Waals surface area contributed by atoms with Crippen LogP contribution in [0.3, 0.4) is 0 Å². The van der Waals surface area contributed by atoms with Crippen molar-refractivity contribution >= 4 is 5.91 Å². The summed E-state index contributed by atoms with van der Waals surface area (Å²) in [6.45, 7) is 2.99. The fourth-order valence-corrected chi connectivity index (χ4v) is 3.09. The molecule has 0 radical (unpaired) electrons. The molecule has 1 aliphatic heterocycles. The average molecular weight is 321 g/mol. The zero-order valence-corrected chi connectivity index (χ0v) is 13.2. The fraction of sp³-hybridized carbons (Fsp3) is 0.158. The number of carbonyl (C=O) groups excluding carboxylic acids is 1. The van der Waals surface area contributed by atoms with Crippen LogP contribution in [0.25, 0.3) is 11.3 Å². The quantitative estimate of drug-likeness (QED) is 0.783. The van der Waals surface area contributed by atoms with Crippen molar-refractivity contribution in [2.75, 3.05) is 0 Å². The number of H-pyrrole nitrogens is 1. The third-order valence-corrected chi connectivity index (χ3v) is 4.27. The monoisotopic (exact) mass is 321 g/mol. The molecule has 120 valence electrons. The molecule has 1 aliphatic rings. The van der Waals surface area contributed by atoms with Crippen molar-refractivity contribution in [3.05, 3.63) is 76.7 Å². The van der Waals surface area contributed by atoms with E-state index in [1.54, 1.807) is 11.0 Å². The first-order chi connectivity index (χ1) is 11.6. The van der Waals surface area contributed by atoms with Gasteiger partial charge in [-0.05, 0) is 42.3 Å². The van der Waals surface area contributed by atoms with Crippen LogP contribution >= 0.6 is 0 Å². The lowest BCUT2D eigenvalue weighted by Gasteiger charge is -2.16. The molecule has 4 rings (SSSR count). The Kier molecular flexibility index (Phi) is 3.41. The second-order valence-corrected chi connectivity index (χ2v) is 6.09. The first-order valence-electron chi connectivity index (χ1n) is 7.79. The molecule has 3 aromatic rings. The fourth-order valence-electron chi connectivity index (χ4n) is 3.09. The van der Waals surface area contributed by atoms with E-state index in [0.717, 1.165) is 16.8 Å². The van der Waals surface area contributed by atoms with Crippen LogP contribution < -0.4 is 0 Å². The van der Waals surface area contributed by atoms with Gasteiger partial charge in [0.1, 0.15) is 5.82 Å². The van der Waals surface area contributed by atoms with Crippen LogP contribution in [0.4, 0.5) is 4.39 Å². The highest BCUT2D eigenvalue weighted by atomic mass is 19.1. The number of aromatic nitrogens is 2. The molecular formula is C19H16FN3O. The number of aromatic amines is 1. The number of nitrogens with zero attached hydrogens (tertiary/aromatic N) is 2. The van der Waals surface area contributed by atoms with Gasteiger partial charge in [0.25, 0.3) is 5.91 Å². The van der Waals surface area contributed by atoms with Crippen LogP contribution in [0.2, 0.25) is 0 Å². The summed E-state index contributed by atoms with van der Waals surface area (Å²) in [5.41, 5.74) is 4.75. The maximum absolute atomic E-state index is 14.0. The van der Waals surface area contributed by atoms with Gasteiger partial charge >= 0.3 is 0 Å². The molecule has 1 aromatic heterocycles. The molecular weight excluding hydrogens is 305 g/mol. The van der Waals surface area contributed by atoms with E-state index >= 15 is 0 Å². The summed E-state index contributed by atoms with van der Waals surface area (Å²) in [6.07, 6.45) is 0. The van der Waals surface area contributed by atoms with Crippen molar-refractivity contribution in [3.8, 4) is 11.3 Å². The van der Waals surface area contributed by atoms with Gasteiger partial charge in [0.2, 0.25) is 0 Å². The molecule has 0 unspecified atom stereocenters. The minimum atomic E-state index is -0.437. The van der Waals surface area contributed by atoms with Gasteiger partial charge in [-0.1, -0.05) is 24.3 Å². The molecule has 0 fully saturated rings. The van der Waals surface area contributed by atoms with E-state index in [1.807, 2.05) is 37.3 Å². The van der Waals surface area contributed by atoms with E-state index in [1.165, 1.54) is 12.1 Å². The van der Waals surface area contributed by atoms with E-state index < -0.39 is 5.82 Å². The summed E-state index contributed by atoms with van der Waals surface area (Å²) in [5.74, 6) is -0.604. The van der Waals surface area contributed by atoms with Crippen molar-refractivity contribution in [1.82, 2.24) is 15.1 Å². The zero-order chi connectivity index (χ0) is 16.7. The molecule has 2 heterocycles. The molecule has 1 amide bonds. The van der Waals surface area contributed by atoms with Crippen LogP contribution in [-0.2, 0) is 13.1 Å². The van der Waals surface area contributed by atoms with Crippen LogP contribution in [0.15, 0.2) is 48.5 Å². The lowest BCUT2D eigenvalue weighted by molar-refractivity contribution is 0.0751.